The number of hydrogen-bond acceptors (Lipinski definition) is 9. The lowest BCUT2D eigenvalue weighted by molar-refractivity contribution is -0.132. The monoisotopic (exact) mass is 595 g/mol. The van der Waals surface area contributed by atoms with Gasteiger partial charge in [-0.3, -0.25) is 24.2 Å². The number of ketones is 2. The number of pyridine rings is 1. The molecule has 1 aromatic carbocycles. The van der Waals surface area contributed by atoms with Gasteiger partial charge in [-0.15, -0.1) is 0 Å². The SMILES string of the molecule is COc1cc(OC)c2c(c1Cl)OC1(C2=O)C(O)=C(C=NCC(=O)N2CC3CC(C2)c2cccc(=O)n2C3)C(=O)CC1C. The van der Waals surface area contributed by atoms with Crippen molar-refractivity contribution >= 4 is 35.3 Å². The number of piperidine rings is 1. The number of hydrogen-bond donors (Lipinski definition) is 1. The third kappa shape index (κ3) is 4.12. The molecule has 1 N–H and O–H groups in total. The van der Waals surface area contributed by atoms with Crippen molar-refractivity contribution in [3.05, 3.63) is 62.2 Å². The smallest absolute Gasteiger partial charge is 0.250 e. The third-order valence-electron chi connectivity index (χ3n) is 8.79. The number of fused-ring (bicyclic) bond motifs is 5. The van der Waals surface area contributed by atoms with E-state index < -0.39 is 28.8 Å². The number of aromatic nitrogens is 1. The maximum atomic E-state index is 13.8. The number of benzene rings is 1. The van der Waals surface area contributed by atoms with Gasteiger partial charge in [-0.2, -0.15) is 0 Å². The van der Waals surface area contributed by atoms with E-state index in [0.717, 1.165) is 18.3 Å². The van der Waals surface area contributed by atoms with Crippen molar-refractivity contribution in [1.82, 2.24) is 9.47 Å². The number of amides is 1. The molecule has 1 saturated heterocycles. The molecule has 0 saturated carbocycles. The number of ether oxygens (including phenoxy) is 3. The van der Waals surface area contributed by atoms with E-state index in [1.165, 1.54) is 20.3 Å². The van der Waals surface area contributed by atoms with Gasteiger partial charge in [-0.25, -0.2) is 0 Å². The average molecular weight is 596 g/mol. The fourth-order valence-corrected chi connectivity index (χ4v) is 6.99. The van der Waals surface area contributed by atoms with Crippen LogP contribution in [0.2, 0.25) is 5.02 Å². The van der Waals surface area contributed by atoms with Gasteiger partial charge >= 0.3 is 0 Å². The van der Waals surface area contributed by atoms with Gasteiger partial charge in [0, 0.05) is 61.9 Å². The largest absolute Gasteiger partial charge is 0.507 e. The average Bonchev–Trinajstić information content (AvgIpc) is 3.29. The summed E-state index contributed by atoms with van der Waals surface area (Å²) in [5.74, 6) is -2.00. The number of allylic oxidation sites excluding steroid dienone is 1. The Kier molecular flexibility index (Phi) is 6.87. The molecule has 4 aliphatic rings. The molecule has 12 heteroatoms. The van der Waals surface area contributed by atoms with E-state index in [0.29, 0.717) is 19.6 Å². The topological polar surface area (TPSA) is 137 Å². The summed E-state index contributed by atoms with van der Waals surface area (Å²) in [4.78, 5) is 58.2. The van der Waals surface area contributed by atoms with Gasteiger partial charge in [0.1, 0.15) is 28.6 Å². The number of nitrogens with zero attached hydrogens (tertiary/aromatic N) is 3. The second kappa shape index (κ2) is 10.3. The van der Waals surface area contributed by atoms with Crippen LogP contribution in [0.25, 0.3) is 0 Å². The minimum Gasteiger partial charge on any atom is -0.507 e. The summed E-state index contributed by atoms with van der Waals surface area (Å²) in [6.45, 7) is 2.91. The number of aliphatic hydroxyl groups excluding tert-OH is 1. The van der Waals surface area contributed by atoms with Crippen molar-refractivity contribution in [3.8, 4) is 17.2 Å². The molecule has 4 heterocycles. The van der Waals surface area contributed by atoms with Gasteiger partial charge in [-0.1, -0.05) is 24.6 Å². The quantitative estimate of drug-likeness (QED) is 0.521. The van der Waals surface area contributed by atoms with Gasteiger partial charge in [0.2, 0.25) is 17.3 Å². The number of Topliss-reactive ketones (excluding diaryl/α,β-unsaturated/α-hetero) is 2. The first-order valence-electron chi connectivity index (χ1n) is 13.7. The van der Waals surface area contributed by atoms with Crippen LogP contribution >= 0.6 is 11.6 Å². The van der Waals surface area contributed by atoms with Crippen LogP contribution in [0.4, 0.5) is 0 Å². The highest BCUT2D eigenvalue weighted by atomic mass is 35.5. The van der Waals surface area contributed by atoms with Gasteiger partial charge in [0.15, 0.2) is 17.3 Å². The van der Waals surface area contributed by atoms with Crippen LogP contribution in [0.5, 0.6) is 17.2 Å². The van der Waals surface area contributed by atoms with Crippen molar-refractivity contribution in [3.63, 3.8) is 0 Å². The molecule has 1 amide bonds. The highest BCUT2D eigenvalue weighted by Crippen LogP contribution is 2.54. The summed E-state index contributed by atoms with van der Waals surface area (Å²) < 4.78 is 18.6. The van der Waals surface area contributed by atoms with E-state index in [1.54, 1.807) is 28.5 Å². The first kappa shape index (κ1) is 28.0. The molecule has 4 unspecified atom stereocenters. The molecular formula is C30H30ClN3O8. The van der Waals surface area contributed by atoms with Crippen LogP contribution in [-0.4, -0.2) is 77.7 Å². The lowest BCUT2D eigenvalue weighted by atomic mass is 9.73. The number of rotatable bonds is 5. The standard InChI is InChI=1S/C30H30ClN3O8/c1-15-7-20(35)18(28(38)30(15)29(39)25-21(40-2)9-22(41-3)26(31)27(25)42-30)10-32-11-24(37)33-12-16-8-17(14-33)19-5-4-6-23(36)34(19)13-16/h4-6,9-10,15-17,38H,7-8,11-14H2,1-3H3. The van der Waals surface area contributed by atoms with Crippen molar-refractivity contribution in [1.29, 1.82) is 0 Å². The van der Waals surface area contributed by atoms with Crippen molar-refractivity contribution < 1.29 is 33.7 Å². The zero-order valence-corrected chi connectivity index (χ0v) is 24.1. The maximum absolute atomic E-state index is 13.8. The van der Waals surface area contributed by atoms with Gasteiger partial charge < -0.3 is 28.8 Å². The number of methoxy groups -OCH3 is 2. The fraction of sp³-hybridized carbons (Fsp3) is 0.433. The number of carbonyl (C=O) groups excluding carboxylic acids is 3. The highest BCUT2D eigenvalue weighted by Gasteiger charge is 2.60. The molecule has 1 spiro atoms. The number of carbonyl (C=O) groups is 3. The summed E-state index contributed by atoms with van der Waals surface area (Å²) in [6, 6.07) is 6.68. The molecule has 2 aromatic rings. The molecule has 0 radical (unpaired) electrons. The molecule has 42 heavy (non-hydrogen) atoms. The Hall–Kier alpha value is -4.12. The van der Waals surface area contributed by atoms with Crippen LogP contribution in [0.15, 0.2) is 45.4 Å². The highest BCUT2D eigenvalue weighted by molar-refractivity contribution is 6.35. The molecule has 4 atom stereocenters. The van der Waals surface area contributed by atoms with Crippen LogP contribution < -0.4 is 19.8 Å². The van der Waals surface area contributed by atoms with Gasteiger partial charge in [0.25, 0.3) is 5.56 Å². The molecular weight excluding hydrogens is 566 g/mol. The molecule has 1 aliphatic carbocycles. The molecule has 1 fully saturated rings. The Balaban J connectivity index is 1.25. The van der Waals surface area contributed by atoms with Crippen molar-refractivity contribution in [2.24, 2.45) is 16.8 Å². The van der Waals surface area contributed by atoms with E-state index in [-0.39, 0.29) is 69.7 Å². The van der Waals surface area contributed by atoms with Gasteiger partial charge in [-0.05, 0) is 18.4 Å². The molecule has 6 rings (SSSR count). The van der Waals surface area contributed by atoms with Crippen LogP contribution in [-0.2, 0) is 16.1 Å². The molecule has 1 aromatic heterocycles. The minimum atomic E-state index is -1.92. The lowest BCUT2D eigenvalue weighted by Gasteiger charge is -2.42. The van der Waals surface area contributed by atoms with E-state index in [9.17, 15) is 24.3 Å². The zero-order chi connectivity index (χ0) is 29.9. The van der Waals surface area contributed by atoms with Crippen molar-refractivity contribution in [2.75, 3.05) is 33.9 Å². The number of aliphatic hydroxyl groups is 1. The Morgan fingerprint density at radius 2 is 1.95 bits per heavy atom. The second-order valence-electron chi connectivity index (χ2n) is 11.2. The predicted molar refractivity (Wildman–Crippen MR) is 152 cm³/mol. The fourth-order valence-electron chi connectivity index (χ4n) is 6.73. The Bertz CT molecular complexity index is 1650. The number of aliphatic imine (C=N–C) groups is 1. The summed E-state index contributed by atoms with van der Waals surface area (Å²) >= 11 is 6.47. The first-order chi connectivity index (χ1) is 20.1. The Morgan fingerprint density at radius 1 is 1.19 bits per heavy atom. The van der Waals surface area contributed by atoms with Crippen LogP contribution in [0.3, 0.4) is 0 Å². The number of likely N-dealkylation sites (tertiary alicyclic amines) is 1. The molecule has 2 bridgehead atoms. The first-order valence-corrected chi connectivity index (χ1v) is 14.1. The van der Waals surface area contributed by atoms with E-state index in [2.05, 4.69) is 4.99 Å². The summed E-state index contributed by atoms with van der Waals surface area (Å²) in [6.07, 6.45) is 1.94. The maximum Gasteiger partial charge on any atom is 0.250 e. The number of halogens is 1. The molecule has 11 nitrogen and oxygen atoms in total. The van der Waals surface area contributed by atoms with Crippen molar-refractivity contribution in [2.45, 2.75) is 37.8 Å². The van der Waals surface area contributed by atoms with Gasteiger partial charge in [0.05, 0.1) is 19.8 Å². The second-order valence-corrected chi connectivity index (χ2v) is 11.6. The van der Waals surface area contributed by atoms with Crippen LogP contribution in [0.1, 0.15) is 41.7 Å². The Labute approximate surface area is 246 Å². The van der Waals surface area contributed by atoms with Crippen LogP contribution in [0, 0.1) is 11.8 Å². The summed E-state index contributed by atoms with van der Waals surface area (Å²) in [5, 5.41) is 11.4. The lowest BCUT2D eigenvalue weighted by Crippen LogP contribution is -2.52. The predicted octanol–water partition coefficient (Wildman–Crippen LogP) is 2.97. The molecule has 220 valence electrons. The van der Waals surface area contributed by atoms with E-state index in [4.69, 9.17) is 25.8 Å². The summed E-state index contributed by atoms with van der Waals surface area (Å²) in [5.41, 5.74) is -1.18. The molecule has 3 aliphatic heterocycles. The van der Waals surface area contributed by atoms with E-state index in [1.807, 2.05) is 6.07 Å². The minimum absolute atomic E-state index is 0.00318. The Morgan fingerprint density at radius 3 is 2.69 bits per heavy atom. The van der Waals surface area contributed by atoms with E-state index >= 15 is 0 Å². The normalized spacial score (nSPS) is 26.4. The summed E-state index contributed by atoms with van der Waals surface area (Å²) in [7, 11) is 2.79. The third-order valence-corrected chi connectivity index (χ3v) is 9.15. The zero-order valence-electron chi connectivity index (χ0n) is 23.4.